The Labute approximate surface area is 125 Å². The first-order valence-electron chi connectivity index (χ1n) is 7.62. The van der Waals surface area contributed by atoms with E-state index in [1.54, 1.807) is 7.11 Å². The van der Waals surface area contributed by atoms with Gasteiger partial charge in [-0.3, -0.25) is 0 Å². The molecule has 1 atom stereocenters. The van der Waals surface area contributed by atoms with Crippen LogP contribution in [0.3, 0.4) is 0 Å². The van der Waals surface area contributed by atoms with Gasteiger partial charge in [0.2, 0.25) is 0 Å². The number of carbonyl (C=O) groups is 1. The molecule has 21 heavy (non-hydrogen) atoms. The number of nitrogens with one attached hydrogen (secondary N) is 2. The number of rotatable bonds is 3. The van der Waals surface area contributed by atoms with Gasteiger partial charge >= 0.3 is 6.03 Å². The number of benzene rings is 1. The van der Waals surface area contributed by atoms with Crippen molar-refractivity contribution in [3.8, 4) is 11.5 Å². The highest BCUT2D eigenvalue weighted by atomic mass is 16.5. The van der Waals surface area contributed by atoms with E-state index in [2.05, 4.69) is 10.6 Å². The predicted molar refractivity (Wildman–Crippen MR) is 79.9 cm³/mol. The monoisotopic (exact) mass is 290 g/mol. The lowest BCUT2D eigenvalue weighted by Crippen LogP contribution is -2.49. The molecule has 1 fully saturated rings. The molecule has 1 aliphatic heterocycles. The van der Waals surface area contributed by atoms with Crippen molar-refractivity contribution >= 4 is 6.03 Å². The van der Waals surface area contributed by atoms with E-state index < -0.39 is 0 Å². The number of para-hydroxylation sites is 1. The molecule has 5 heteroatoms. The number of urea groups is 1. The molecule has 0 bridgehead atoms. The van der Waals surface area contributed by atoms with E-state index in [0.29, 0.717) is 12.6 Å². The summed E-state index contributed by atoms with van der Waals surface area (Å²) in [4.78, 5) is 12.0. The van der Waals surface area contributed by atoms with Crippen molar-refractivity contribution in [1.82, 2.24) is 10.6 Å². The van der Waals surface area contributed by atoms with Crippen molar-refractivity contribution < 1.29 is 14.3 Å². The molecule has 0 spiro atoms. The SMILES string of the molecule is COc1cccc2c1OC[C@H](NC(=O)NC1CCCC1)C2. The number of hydrogen-bond acceptors (Lipinski definition) is 3. The molecule has 2 amide bonds. The third-order valence-electron chi connectivity index (χ3n) is 4.20. The molecule has 1 heterocycles. The minimum absolute atomic E-state index is 0.00556. The first kappa shape index (κ1) is 14.0. The summed E-state index contributed by atoms with van der Waals surface area (Å²) in [6.07, 6.45) is 5.38. The second-order valence-electron chi connectivity index (χ2n) is 5.76. The number of methoxy groups -OCH3 is 1. The number of fused-ring (bicyclic) bond motifs is 1. The van der Waals surface area contributed by atoms with Gasteiger partial charge in [-0.1, -0.05) is 25.0 Å². The van der Waals surface area contributed by atoms with Crippen LogP contribution in [-0.2, 0) is 6.42 Å². The van der Waals surface area contributed by atoms with Gasteiger partial charge in [0.05, 0.1) is 13.2 Å². The molecule has 0 saturated heterocycles. The van der Waals surface area contributed by atoms with Crippen LogP contribution in [0.2, 0.25) is 0 Å². The Morgan fingerprint density at radius 3 is 2.76 bits per heavy atom. The highest BCUT2D eigenvalue weighted by Crippen LogP contribution is 2.34. The zero-order valence-corrected chi connectivity index (χ0v) is 12.4. The van der Waals surface area contributed by atoms with Crippen LogP contribution in [0.25, 0.3) is 0 Å². The lowest BCUT2D eigenvalue weighted by Gasteiger charge is -2.27. The summed E-state index contributed by atoms with van der Waals surface area (Å²) in [5.74, 6) is 1.55. The normalized spacial score (nSPS) is 21.3. The Hall–Kier alpha value is -1.91. The third kappa shape index (κ3) is 3.23. The summed E-state index contributed by atoms with van der Waals surface area (Å²) in [5, 5.41) is 6.05. The third-order valence-corrected chi connectivity index (χ3v) is 4.20. The van der Waals surface area contributed by atoms with E-state index >= 15 is 0 Å². The molecule has 3 rings (SSSR count). The molecule has 1 aromatic carbocycles. The van der Waals surface area contributed by atoms with E-state index in [1.807, 2.05) is 18.2 Å². The average molecular weight is 290 g/mol. The Bertz CT molecular complexity index is 512. The lowest BCUT2D eigenvalue weighted by molar-refractivity contribution is 0.208. The largest absolute Gasteiger partial charge is 0.493 e. The van der Waals surface area contributed by atoms with E-state index in [9.17, 15) is 4.79 Å². The summed E-state index contributed by atoms with van der Waals surface area (Å²) < 4.78 is 11.1. The number of carbonyl (C=O) groups excluding carboxylic acids is 1. The fraction of sp³-hybridized carbons (Fsp3) is 0.562. The maximum atomic E-state index is 12.0. The van der Waals surface area contributed by atoms with Gasteiger partial charge in [-0.25, -0.2) is 4.79 Å². The first-order chi connectivity index (χ1) is 10.3. The summed E-state index contributed by atoms with van der Waals surface area (Å²) in [6.45, 7) is 0.478. The van der Waals surface area contributed by atoms with Crippen molar-refractivity contribution in [2.24, 2.45) is 0 Å². The van der Waals surface area contributed by atoms with Crippen LogP contribution in [0, 0.1) is 0 Å². The molecule has 1 saturated carbocycles. The molecule has 1 aromatic rings. The zero-order valence-electron chi connectivity index (χ0n) is 12.4. The second-order valence-corrected chi connectivity index (χ2v) is 5.76. The minimum Gasteiger partial charge on any atom is -0.493 e. The number of ether oxygens (including phenoxy) is 2. The highest BCUT2D eigenvalue weighted by Gasteiger charge is 2.25. The van der Waals surface area contributed by atoms with Crippen LogP contribution in [-0.4, -0.2) is 31.8 Å². The van der Waals surface area contributed by atoms with E-state index in [-0.39, 0.29) is 12.1 Å². The zero-order chi connectivity index (χ0) is 14.7. The molecule has 5 nitrogen and oxygen atoms in total. The molecular formula is C16H22N2O3. The van der Waals surface area contributed by atoms with Crippen LogP contribution in [0.5, 0.6) is 11.5 Å². The summed E-state index contributed by atoms with van der Waals surface area (Å²) in [6, 6.07) is 6.11. The van der Waals surface area contributed by atoms with E-state index in [1.165, 1.54) is 12.8 Å². The quantitative estimate of drug-likeness (QED) is 0.897. The van der Waals surface area contributed by atoms with Gasteiger partial charge in [-0.05, 0) is 25.3 Å². The number of hydrogen-bond donors (Lipinski definition) is 2. The summed E-state index contributed by atoms with van der Waals surface area (Å²) >= 11 is 0. The maximum absolute atomic E-state index is 12.0. The van der Waals surface area contributed by atoms with Crippen molar-refractivity contribution in [2.45, 2.75) is 44.2 Å². The van der Waals surface area contributed by atoms with Crippen molar-refractivity contribution in [3.05, 3.63) is 23.8 Å². The van der Waals surface area contributed by atoms with E-state index in [4.69, 9.17) is 9.47 Å². The summed E-state index contributed by atoms with van der Waals surface area (Å²) in [5.41, 5.74) is 1.08. The molecule has 2 aliphatic rings. The summed E-state index contributed by atoms with van der Waals surface area (Å²) in [7, 11) is 1.64. The molecular weight excluding hydrogens is 268 g/mol. The Balaban J connectivity index is 1.57. The molecule has 0 radical (unpaired) electrons. The van der Waals surface area contributed by atoms with Crippen molar-refractivity contribution in [1.29, 1.82) is 0 Å². The van der Waals surface area contributed by atoms with Gasteiger partial charge in [0.25, 0.3) is 0 Å². The van der Waals surface area contributed by atoms with Crippen LogP contribution in [0.15, 0.2) is 18.2 Å². The standard InChI is InChI=1S/C16H22N2O3/c1-20-14-8-4-5-11-9-13(10-21-15(11)14)18-16(19)17-12-6-2-3-7-12/h4-5,8,12-13H,2-3,6-7,9-10H2,1H3,(H2,17,18,19)/t13-/m1/s1. The van der Waals surface area contributed by atoms with Crippen LogP contribution in [0.4, 0.5) is 4.79 Å². The fourth-order valence-electron chi connectivity index (χ4n) is 3.13. The van der Waals surface area contributed by atoms with Crippen LogP contribution >= 0.6 is 0 Å². The van der Waals surface area contributed by atoms with Crippen LogP contribution in [0.1, 0.15) is 31.2 Å². The number of amides is 2. The van der Waals surface area contributed by atoms with Crippen molar-refractivity contribution in [2.75, 3.05) is 13.7 Å². The Morgan fingerprint density at radius 1 is 1.24 bits per heavy atom. The molecule has 2 N–H and O–H groups in total. The Morgan fingerprint density at radius 2 is 2.00 bits per heavy atom. The minimum atomic E-state index is -0.0816. The van der Waals surface area contributed by atoms with Gasteiger partial charge in [0, 0.05) is 11.6 Å². The molecule has 0 unspecified atom stereocenters. The Kier molecular flexibility index (Phi) is 4.18. The second kappa shape index (κ2) is 6.24. The lowest BCUT2D eigenvalue weighted by atomic mass is 10.0. The topological polar surface area (TPSA) is 59.6 Å². The van der Waals surface area contributed by atoms with Gasteiger partial charge in [-0.2, -0.15) is 0 Å². The maximum Gasteiger partial charge on any atom is 0.315 e. The molecule has 0 aromatic heterocycles. The first-order valence-corrected chi connectivity index (χ1v) is 7.62. The predicted octanol–water partition coefficient (Wildman–Crippen LogP) is 2.24. The van der Waals surface area contributed by atoms with Gasteiger partial charge in [0.1, 0.15) is 6.61 Å². The van der Waals surface area contributed by atoms with Gasteiger partial charge in [-0.15, -0.1) is 0 Å². The van der Waals surface area contributed by atoms with Crippen molar-refractivity contribution in [3.63, 3.8) is 0 Å². The van der Waals surface area contributed by atoms with Gasteiger partial charge < -0.3 is 20.1 Å². The van der Waals surface area contributed by atoms with Crippen LogP contribution < -0.4 is 20.1 Å². The average Bonchev–Trinajstić information content (AvgIpc) is 2.99. The molecule has 1 aliphatic carbocycles. The smallest absolute Gasteiger partial charge is 0.315 e. The highest BCUT2D eigenvalue weighted by molar-refractivity contribution is 5.74. The van der Waals surface area contributed by atoms with E-state index in [0.717, 1.165) is 36.3 Å². The molecule has 114 valence electrons. The van der Waals surface area contributed by atoms with Gasteiger partial charge in [0.15, 0.2) is 11.5 Å². The fourth-order valence-corrected chi connectivity index (χ4v) is 3.13.